The van der Waals surface area contributed by atoms with Crippen molar-refractivity contribution >= 4 is 6.08 Å². The van der Waals surface area contributed by atoms with Gasteiger partial charge in [-0.05, 0) is 29.7 Å². The minimum Gasteiger partial charge on any atom is -0.504 e. The van der Waals surface area contributed by atoms with E-state index in [4.69, 9.17) is 9.47 Å². The molecule has 0 aliphatic heterocycles. The van der Waals surface area contributed by atoms with Crippen molar-refractivity contribution < 1.29 is 14.6 Å². The van der Waals surface area contributed by atoms with Gasteiger partial charge in [-0.15, -0.1) is 0 Å². The molecule has 0 aromatic heterocycles. The lowest BCUT2D eigenvalue weighted by Crippen LogP contribution is -2.02. The first kappa shape index (κ1) is 11.0. The van der Waals surface area contributed by atoms with Crippen molar-refractivity contribution in [1.82, 2.24) is 0 Å². The molecular weight excluding hydrogens is 204 g/mol. The number of phenols is 1. The lowest BCUT2D eigenvalue weighted by Gasteiger charge is -2.10. The Morgan fingerprint density at radius 3 is 3.00 bits per heavy atom. The lowest BCUT2D eigenvalue weighted by atomic mass is 10.1. The van der Waals surface area contributed by atoms with E-state index >= 15 is 0 Å². The third-order valence-corrected chi connectivity index (χ3v) is 2.61. The second kappa shape index (κ2) is 5.03. The highest BCUT2D eigenvalue weighted by Gasteiger charge is 2.11. The van der Waals surface area contributed by atoms with Gasteiger partial charge < -0.3 is 14.6 Å². The van der Waals surface area contributed by atoms with Gasteiger partial charge in [-0.3, -0.25) is 0 Å². The number of rotatable bonds is 5. The third-order valence-electron chi connectivity index (χ3n) is 2.61. The fourth-order valence-electron chi connectivity index (χ4n) is 1.77. The van der Waals surface area contributed by atoms with Gasteiger partial charge in [0.15, 0.2) is 11.5 Å². The smallest absolute Gasteiger partial charge is 0.161 e. The first-order valence-electron chi connectivity index (χ1n) is 5.45. The number of phenolic OH excluding ortho intramolecular Hbond substituents is 1. The minimum atomic E-state index is 0.211. The molecule has 16 heavy (non-hydrogen) atoms. The van der Waals surface area contributed by atoms with E-state index in [1.807, 2.05) is 12.1 Å². The molecule has 0 bridgehead atoms. The molecule has 0 amide bonds. The molecule has 0 heterocycles. The van der Waals surface area contributed by atoms with Gasteiger partial charge in [0.05, 0.1) is 6.61 Å². The van der Waals surface area contributed by atoms with Crippen molar-refractivity contribution in [2.45, 2.75) is 12.8 Å². The molecule has 0 fully saturated rings. The topological polar surface area (TPSA) is 38.7 Å². The summed E-state index contributed by atoms with van der Waals surface area (Å²) in [6, 6.07) is 3.67. The van der Waals surface area contributed by atoms with Gasteiger partial charge in [0.1, 0.15) is 0 Å². The number of methoxy groups -OCH3 is 1. The standard InChI is InChI=1S/C13H16O3/c1-15-6-3-7-16-13-9-11-5-2-4-10(11)8-12(13)14/h2,4,8-9,14H,3,5-7H2,1H3. The molecule has 3 heteroatoms. The SMILES string of the molecule is COCCCOc1cc2c(cc1O)C=CC2. The van der Waals surface area contributed by atoms with Gasteiger partial charge in [0.25, 0.3) is 0 Å². The summed E-state index contributed by atoms with van der Waals surface area (Å²) in [6.45, 7) is 1.24. The zero-order valence-electron chi connectivity index (χ0n) is 9.40. The molecule has 2 rings (SSSR count). The highest BCUT2D eigenvalue weighted by molar-refractivity contribution is 5.64. The van der Waals surface area contributed by atoms with E-state index in [0.717, 1.165) is 18.4 Å². The highest BCUT2D eigenvalue weighted by Crippen LogP contribution is 2.33. The number of allylic oxidation sites excluding steroid dienone is 1. The van der Waals surface area contributed by atoms with Crippen LogP contribution in [0.4, 0.5) is 0 Å². The Hall–Kier alpha value is -1.48. The normalized spacial score (nSPS) is 12.8. The summed E-state index contributed by atoms with van der Waals surface area (Å²) in [4.78, 5) is 0. The van der Waals surface area contributed by atoms with Gasteiger partial charge >= 0.3 is 0 Å². The molecule has 0 unspecified atom stereocenters. The molecule has 3 nitrogen and oxygen atoms in total. The molecule has 1 aromatic rings. The maximum absolute atomic E-state index is 9.74. The Labute approximate surface area is 95.3 Å². The number of benzene rings is 1. The Kier molecular flexibility index (Phi) is 3.47. The quantitative estimate of drug-likeness (QED) is 0.774. The van der Waals surface area contributed by atoms with Crippen LogP contribution in [0.25, 0.3) is 6.08 Å². The van der Waals surface area contributed by atoms with Crippen LogP contribution in [0.1, 0.15) is 17.5 Å². The van der Waals surface area contributed by atoms with E-state index in [0.29, 0.717) is 19.0 Å². The van der Waals surface area contributed by atoms with E-state index in [-0.39, 0.29) is 5.75 Å². The van der Waals surface area contributed by atoms with Crippen molar-refractivity contribution in [3.05, 3.63) is 29.3 Å². The van der Waals surface area contributed by atoms with Gasteiger partial charge in [-0.2, -0.15) is 0 Å². The van der Waals surface area contributed by atoms with E-state index < -0.39 is 0 Å². The zero-order valence-corrected chi connectivity index (χ0v) is 9.40. The fourth-order valence-corrected chi connectivity index (χ4v) is 1.77. The van der Waals surface area contributed by atoms with Gasteiger partial charge in [0.2, 0.25) is 0 Å². The highest BCUT2D eigenvalue weighted by atomic mass is 16.5. The summed E-state index contributed by atoms with van der Waals surface area (Å²) >= 11 is 0. The Balaban J connectivity index is 2.00. The predicted octanol–water partition coefficient (Wildman–Crippen LogP) is 2.38. The average molecular weight is 220 g/mol. The summed E-state index contributed by atoms with van der Waals surface area (Å²) in [5.41, 5.74) is 2.29. The largest absolute Gasteiger partial charge is 0.504 e. The Bertz CT molecular complexity index is 396. The van der Waals surface area contributed by atoms with Gasteiger partial charge in [0, 0.05) is 20.1 Å². The molecule has 1 aliphatic rings. The van der Waals surface area contributed by atoms with Crippen LogP contribution in [-0.4, -0.2) is 25.4 Å². The number of hydrogen-bond acceptors (Lipinski definition) is 3. The number of hydrogen-bond donors (Lipinski definition) is 1. The average Bonchev–Trinajstić information content (AvgIpc) is 2.71. The second-order valence-electron chi connectivity index (χ2n) is 3.82. The molecule has 1 aromatic carbocycles. The summed E-state index contributed by atoms with van der Waals surface area (Å²) in [6.07, 6.45) is 5.85. The number of fused-ring (bicyclic) bond motifs is 1. The maximum atomic E-state index is 9.74. The maximum Gasteiger partial charge on any atom is 0.161 e. The van der Waals surface area contributed by atoms with Gasteiger partial charge in [-0.25, -0.2) is 0 Å². The van der Waals surface area contributed by atoms with Crippen LogP contribution in [0.5, 0.6) is 11.5 Å². The number of ether oxygens (including phenoxy) is 2. The van der Waals surface area contributed by atoms with Crippen molar-refractivity contribution in [3.8, 4) is 11.5 Å². The Morgan fingerprint density at radius 1 is 1.31 bits per heavy atom. The zero-order chi connectivity index (χ0) is 11.4. The lowest BCUT2D eigenvalue weighted by molar-refractivity contribution is 0.171. The molecule has 1 N–H and O–H groups in total. The molecule has 0 saturated carbocycles. The van der Waals surface area contributed by atoms with Crippen LogP contribution in [0.3, 0.4) is 0 Å². The third kappa shape index (κ3) is 2.36. The van der Waals surface area contributed by atoms with E-state index in [1.165, 1.54) is 5.56 Å². The summed E-state index contributed by atoms with van der Waals surface area (Å²) in [7, 11) is 1.67. The molecular formula is C13H16O3. The predicted molar refractivity (Wildman–Crippen MR) is 62.8 cm³/mol. The first-order chi connectivity index (χ1) is 7.81. The van der Waals surface area contributed by atoms with Crippen LogP contribution in [0.15, 0.2) is 18.2 Å². The van der Waals surface area contributed by atoms with Crippen molar-refractivity contribution in [3.63, 3.8) is 0 Å². The summed E-state index contributed by atoms with van der Waals surface area (Å²) < 4.78 is 10.4. The van der Waals surface area contributed by atoms with Crippen LogP contribution >= 0.6 is 0 Å². The van der Waals surface area contributed by atoms with Crippen molar-refractivity contribution in [2.24, 2.45) is 0 Å². The van der Waals surface area contributed by atoms with Crippen LogP contribution in [0, 0.1) is 0 Å². The monoisotopic (exact) mass is 220 g/mol. The first-order valence-corrected chi connectivity index (χ1v) is 5.45. The van der Waals surface area contributed by atoms with Crippen LogP contribution in [-0.2, 0) is 11.2 Å². The number of aromatic hydroxyl groups is 1. The summed E-state index contributed by atoms with van der Waals surface area (Å²) in [5, 5.41) is 9.74. The van der Waals surface area contributed by atoms with Crippen molar-refractivity contribution in [1.29, 1.82) is 0 Å². The van der Waals surface area contributed by atoms with E-state index in [9.17, 15) is 5.11 Å². The second-order valence-corrected chi connectivity index (χ2v) is 3.82. The van der Waals surface area contributed by atoms with Gasteiger partial charge in [-0.1, -0.05) is 12.2 Å². The van der Waals surface area contributed by atoms with E-state index in [2.05, 4.69) is 6.08 Å². The summed E-state index contributed by atoms with van der Waals surface area (Å²) in [5.74, 6) is 0.779. The molecule has 0 atom stereocenters. The molecule has 0 radical (unpaired) electrons. The molecule has 0 saturated heterocycles. The molecule has 1 aliphatic carbocycles. The fraction of sp³-hybridized carbons (Fsp3) is 0.385. The Morgan fingerprint density at radius 2 is 2.19 bits per heavy atom. The minimum absolute atomic E-state index is 0.211. The van der Waals surface area contributed by atoms with Crippen molar-refractivity contribution in [2.75, 3.05) is 20.3 Å². The molecule has 86 valence electrons. The van der Waals surface area contributed by atoms with Crippen LogP contribution in [0.2, 0.25) is 0 Å². The molecule has 0 spiro atoms. The van der Waals surface area contributed by atoms with E-state index in [1.54, 1.807) is 13.2 Å². The van der Waals surface area contributed by atoms with Crippen LogP contribution < -0.4 is 4.74 Å².